The molecule has 0 radical (unpaired) electrons. The van der Waals surface area contributed by atoms with Crippen molar-refractivity contribution in [3.63, 3.8) is 0 Å². The van der Waals surface area contributed by atoms with Crippen LogP contribution in [0.4, 0.5) is 0 Å². The number of carboxylic acids is 1. The lowest BCUT2D eigenvalue weighted by molar-refractivity contribution is -0.150. The minimum Gasteiger partial charge on any atom is -0.495 e. The topological polar surface area (TPSA) is 55.8 Å². The predicted octanol–water partition coefficient (Wildman–Crippen LogP) is 2.77. The van der Waals surface area contributed by atoms with Crippen LogP contribution in [0.2, 0.25) is 5.02 Å². The van der Waals surface area contributed by atoms with Crippen molar-refractivity contribution in [3.8, 4) is 5.75 Å². The number of hydrogen-bond acceptors (Lipinski definition) is 3. The fourth-order valence-corrected chi connectivity index (χ4v) is 1.81. The molecule has 100 valence electrons. The summed E-state index contributed by atoms with van der Waals surface area (Å²) in [6.07, 6.45) is 0.237. The number of carbonyl (C=O) groups is 1. The Morgan fingerprint density at radius 3 is 2.72 bits per heavy atom. The summed E-state index contributed by atoms with van der Waals surface area (Å²) < 4.78 is 10.3. The largest absolute Gasteiger partial charge is 0.495 e. The third-order valence-electron chi connectivity index (χ3n) is 2.44. The fraction of sp³-hybridized carbons (Fsp3) is 0.462. The quantitative estimate of drug-likeness (QED) is 0.829. The van der Waals surface area contributed by atoms with E-state index in [2.05, 4.69) is 0 Å². The van der Waals surface area contributed by atoms with Crippen molar-refractivity contribution in [1.29, 1.82) is 0 Å². The maximum Gasteiger partial charge on any atom is 0.333 e. The summed E-state index contributed by atoms with van der Waals surface area (Å²) in [5, 5.41) is 9.52. The number of methoxy groups -OCH3 is 1. The first kappa shape index (κ1) is 14.8. The van der Waals surface area contributed by atoms with Crippen molar-refractivity contribution in [1.82, 2.24) is 0 Å². The Morgan fingerprint density at radius 2 is 2.22 bits per heavy atom. The smallest absolute Gasteiger partial charge is 0.333 e. The Balaban J connectivity index is 2.74. The maximum atomic E-state index is 11.0. The van der Waals surface area contributed by atoms with Gasteiger partial charge in [0.15, 0.2) is 6.10 Å². The van der Waals surface area contributed by atoms with Crippen LogP contribution in [0.15, 0.2) is 18.2 Å². The van der Waals surface area contributed by atoms with E-state index >= 15 is 0 Å². The van der Waals surface area contributed by atoms with E-state index in [-0.39, 0.29) is 0 Å². The molecular weight excluding hydrogens is 256 g/mol. The van der Waals surface area contributed by atoms with E-state index in [0.717, 1.165) is 12.0 Å². The Labute approximate surface area is 111 Å². The minimum atomic E-state index is -0.963. The Bertz CT molecular complexity index is 406. The number of carboxylic acid groups (broad SMARTS) is 1. The molecule has 18 heavy (non-hydrogen) atoms. The molecule has 0 saturated carbocycles. The van der Waals surface area contributed by atoms with Crippen LogP contribution in [0.5, 0.6) is 5.75 Å². The summed E-state index contributed by atoms with van der Waals surface area (Å²) in [5.41, 5.74) is 0.810. The molecule has 1 rings (SSSR count). The van der Waals surface area contributed by atoms with Gasteiger partial charge >= 0.3 is 5.97 Å². The zero-order chi connectivity index (χ0) is 13.5. The highest BCUT2D eigenvalue weighted by atomic mass is 35.5. The lowest BCUT2D eigenvalue weighted by atomic mass is 10.1. The molecule has 1 atom stereocenters. The van der Waals surface area contributed by atoms with Gasteiger partial charge in [-0.05, 0) is 24.1 Å². The van der Waals surface area contributed by atoms with Crippen LogP contribution in [0.3, 0.4) is 0 Å². The van der Waals surface area contributed by atoms with Crippen LogP contribution in [0.25, 0.3) is 0 Å². The molecule has 0 spiro atoms. The molecule has 5 heteroatoms. The minimum absolute atomic E-state index is 0.291. The van der Waals surface area contributed by atoms with Gasteiger partial charge < -0.3 is 14.6 Å². The maximum absolute atomic E-state index is 11.0. The first-order valence-electron chi connectivity index (χ1n) is 5.75. The molecule has 0 fully saturated rings. The summed E-state index contributed by atoms with van der Waals surface area (Å²) >= 11 is 5.98. The first-order chi connectivity index (χ1) is 8.58. The van der Waals surface area contributed by atoms with Gasteiger partial charge in [-0.2, -0.15) is 0 Å². The summed E-state index contributed by atoms with van der Waals surface area (Å²) in [7, 11) is 1.53. The molecular formula is C13H17ClO4. The molecule has 1 aromatic rings. The van der Waals surface area contributed by atoms with E-state index in [0.29, 0.717) is 23.8 Å². The molecule has 1 N–H and O–H groups in total. The first-order valence-corrected chi connectivity index (χ1v) is 6.13. The van der Waals surface area contributed by atoms with Crippen LogP contribution >= 0.6 is 11.6 Å². The average Bonchev–Trinajstić information content (AvgIpc) is 2.34. The van der Waals surface area contributed by atoms with Gasteiger partial charge in [0.2, 0.25) is 0 Å². The van der Waals surface area contributed by atoms with Crippen LogP contribution in [0.1, 0.15) is 18.9 Å². The number of rotatable bonds is 7. The summed E-state index contributed by atoms with van der Waals surface area (Å²) in [5.74, 6) is -0.392. The molecule has 0 amide bonds. The molecule has 4 nitrogen and oxygen atoms in total. The normalized spacial score (nSPS) is 12.2. The highest BCUT2D eigenvalue weighted by Gasteiger charge is 2.18. The van der Waals surface area contributed by atoms with Crippen LogP contribution in [-0.4, -0.2) is 30.9 Å². The fourth-order valence-electron chi connectivity index (χ4n) is 1.53. The number of halogens is 1. The van der Waals surface area contributed by atoms with E-state index < -0.39 is 12.1 Å². The standard InChI is InChI=1S/C13H17ClO4/c1-3-6-18-12(13(15)16)8-9-4-5-11(17-2)10(14)7-9/h4-5,7,12H,3,6,8H2,1-2H3,(H,15,16)/t12-/m0/s1. The van der Waals surface area contributed by atoms with Crippen molar-refractivity contribution in [2.45, 2.75) is 25.9 Å². The third kappa shape index (κ3) is 4.20. The summed E-state index contributed by atoms with van der Waals surface area (Å²) in [6, 6.07) is 5.21. The van der Waals surface area contributed by atoms with Gasteiger partial charge in [-0.15, -0.1) is 0 Å². The second-order valence-corrected chi connectivity index (χ2v) is 4.28. The van der Waals surface area contributed by atoms with Crippen LogP contribution in [-0.2, 0) is 16.0 Å². The van der Waals surface area contributed by atoms with Gasteiger partial charge in [-0.25, -0.2) is 4.79 Å². The number of aliphatic carboxylic acids is 1. The van der Waals surface area contributed by atoms with Gasteiger partial charge in [-0.1, -0.05) is 24.6 Å². The Morgan fingerprint density at radius 1 is 1.50 bits per heavy atom. The number of benzene rings is 1. The zero-order valence-corrected chi connectivity index (χ0v) is 11.2. The SMILES string of the molecule is CCCO[C@@H](Cc1ccc(OC)c(Cl)c1)C(=O)O. The van der Waals surface area contributed by atoms with E-state index in [1.165, 1.54) is 7.11 Å². The molecule has 0 aliphatic carbocycles. The number of ether oxygens (including phenoxy) is 2. The van der Waals surface area contributed by atoms with Crippen molar-refractivity contribution in [2.24, 2.45) is 0 Å². The molecule has 0 saturated heterocycles. The van der Waals surface area contributed by atoms with E-state index in [1.807, 2.05) is 6.92 Å². The Hall–Kier alpha value is -1.26. The molecule has 0 aliphatic rings. The highest BCUT2D eigenvalue weighted by molar-refractivity contribution is 6.32. The second-order valence-electron chi connectivity index (χ2n) is 3.87. The van der Waals surface area contributed by atoms with Crippen molar-refractivity contribution in [2.75, 3.05) is 13.7 Å². The van der Waals surface area contributed by atoms with Gasteiger partial charge in [0.1, 0.15) is 5.75 Å². The molecule has 0 bridgehead atoms. The van der Waals surface area contributed by atoms with Gasteiger partial charge in [0, 0.05) is 13.0 Å². The van der Waals surface area contributed by atoms with E-state index in [1.54, 1.807) is 18.2 Å². The zero-order valence-electron chi connectivity index (χ0n) is 10.5. The lowest BCUT2D eigenvalue weighted by Gasteiger charge is -2.14. The molecule has 0 aromatic heterocycles. The van der Waals surface area contributed by atoms with Crippen molar-refractivity contribution < 1.29 is 19.4 Å². The van der Waals surface area contributed by atoms with Gasteiger partial charge in [0.05, 0.1) is 12.1 Å². The van der Waals surface area contributed by atoms with Gasteiger partial charge in [-0.3, -0.25) is 0 Å². The monoisotopic (exact) mass is 272 g/mol. The van der Waals surface area contributed by atoms with E-state index in [4.69, 9.17) is 26.2 Å². The second kappa shape index (κ2) is 7.24. The summed E-state index contributed by atoms with van der Waals surface area (Å²) in [4.78, 5) is 11.0. The highest BCUT2D eigenvalue weighted by Crippen LogP contribution is 2.25. The Kier molecular flexibility index (Phi) is 5.95. The van der Waals surface area contributed by atoms with Crippen LogP contribution < -0.4 is 4.74 Å². The lowest BCUT2D eigenvalue weighted by Crippen LogP contribution is -2.26. The van der Waals surface area contributed by atoms with Crippen molar-refractivity contribution in [3.05, 3.63) is 28.8 Å². The van der Waals surface area contributed by atoms with E-state index in [9.17, 15) is 4.79 Å². The number of hydrogen-bond donors (Lipinski definition) is 1. The van der Waals surface area contributed by atoms with Crippen molar-refractivity contribution >= 4 is 17.6 Å². The molecule has 1 aromatic carbocycles. The third-order valence-corrected chi connectivity index (χ3v) is 2.73. The molecule has 0 unspecified atom stereocenters. The van der Waals surface area contributed by atoms with Gasteiger partial charge in [0.25, 0.3) is 0 Å². The predicted molar refractivity (Wildman–Crippen MR) is 69.4 cm³/mol. The van der Waals surface area contributed by atoms with Crippen LogP contribution in [0, 0.1) is 0 Å². The summed E-state index contributed by atoms with van der Waals surface area (Å²) in [6.45, 7) is 2.37. The average molecular weight is 273 g/mol. The molecule has 0 heterocycles. The molecule has 0 aliphatic heterocycles.